The van der Waals surface area contributed by atoms with Crippen LogP contribution in [-0.4, -0.2) is 35.6 Å². The summed E-state index contributed by atoms with van der Waals surface area (Å²) < 4.78 is 0. The minimum absolute atomic E-state index is 0.234. The smallest absolute Gasteiger partial charge is 0.326 e. The van der Waals surface area contributed by atoms with Crippen LogP contribution in [0.15, 0.2) is 12.7 Å². The van der Waals surface area contributed by atoms with Gasteiger partial charge in [0.25, 0.3) is 0 Å². The largest absolute Gasteiger partial charge is 0.480 e. The van der Waals surface area contributed by atoms with E-state index in [0.717, 1.165) is 19.4 Å². The summed E-state index contributed by atoms with van der Waals surface area (Å²) in [6, 6.07) is -1.10. The highest BCUT2D eigenvalue weighted by molar-refractivity contribution is 5.87. The van der Waals surface area contributed by atoms with Gasteiger partial charge in [0.05, 0.1) is 6.04 Å². The van der Waals surface area contributed by atoms with E-state index in [4.69, 9.17) is 5.11 Å². The number of rotatable bonds is 5. The summed E-state index contributed by atoms with van der Waals surface area (Å²) in [6.45, 7) is 4.27. The van der Waals surface area contributed by atoms with Crippen LogP contribution in [0.5, 0.6) is 0 Å². The molecular weight excluding hydrogens is 196 g/mol. The van der Waals surface area contributed by atoms with Gasteiger partial charge in [0, 0.05) is 0 Å². The summed E-state index contributed by atoms with van der Waals surface area (Å²) >= 11 is 0. The van der Waals surface area contributed by atoms with E-state index < -0.39 is 12.0 Å². The van der Waals surface area contributed by atoms with Crippen LogP contribution in [0, 0.1) is 0 Å². The van der Waals surface area contributed by atoms with Gasteiger partial charge in [-0.3, -0.25) is 4.79 Å². The first-order valence-electron chi connectivity index (χ1n) is 5.02. The molecule has 0 spiro atoms. The Balaban J connectivity index is 2.45. The zero-order valence-corrected chi connectivity index (χ0v) is 8.53. The first-order valence-corrected chi connectivity index (χ1v) is 5.02. The molecule has 2 atom stereocenters. The number of nitrogens with one attached hydrogen (secondary N) is 2. The number of hydrogen-bond acceptors (Lipinski definition) is 3. The van der Waals surface area contributed by atoms with Gasteiger partial charge in [-0.1, -0.05) is 6.08 Å². The fourth-order valence-corrected chi connectivity index (χ4v) is 1.57. The molecule has 1 heterocycles. The quantitative estimate of drug-likeness (QED) is 0.555. The van der Waals surface area contributed by atoms with Crippen LogP contribution in [-0.2, 0) is 9.59 Å². The monoisotopic (exact) mass is 212 g/mol. The number of carbonyl (C=O) groups excluding carboxylic acids is 1. The highest BCUT2D eigenvalue weighted by Gasteiger charge is 2.26. The summed E-state index contributed by atoms with van der Waals surface area (Å²) in [5.74, 6) is -1.26. The summed E-state index contributed by atoms with van der Waals surface area (Å²) in [4.78, 5) is 22.3. The van der Waals surface area contributed by atoms with E-state index >= 15 is 0 Å². The molecule has 15 heavy (non-hydrogen) atoms. The fourth-order valence-electron chi connectivity index (χ4n) is 1.57. The third kappa shape index (κ3) is 3.36. The van der Waals surface area contributed by atoms with Crippen LogP contribution in [0.1, 0.15) is 19.3 Å². The maximum absolute atomic E-state index is 11.6. The first kappa shape index (κ1) is 11.7. The predicted molar refractivity (Wildman–Crippen MR) is 55.4 cm³/mol. The van der Waals surface area contributed by atoms with Gasteiger partial charge in [-0.2, -0.15) is 0 Å². The van der Waals surface area contributed by atoms with Crippen molar-refractivity contribution < 1.29 is 14.7 Å². The summed E-state index contributed by atoms with van der Waals surface area (Å²) in [5.41, 5.74) is 0. The van der Waals surface area contributed by atoms with E-state index in [0.29, 0.717) is 0 Å². The Hall–Kier alpha value is -1.36. The van der Waals surface area contributed by atoms with Crippen LogP contribution in [0.25, 0.3) is 0 Å². The third-order valence-electron chi connectivity index (χ3n) is 2.39. The zero-order chi connectivity index (χ0) is 11.3. The van der Waals surface area contributed by atoms with Gasteiger partial charge < -0.3 is 15.7 Å². The Bertz CT molecular complexity index is 259. The van der Waals surface area contributed by atoms with Crippen LogP contribution in [0.3, 0.4) is 0 Å². The lowest BCUT2D eigenvalue weighted by Crippen LogP contribution is -2.48. The average molecular weight is 212 g/mol. The molecule has 0 aromatic carbocycles. The molecule has 0 aromatic heterocycles. The summed E-state index contributed by atoms with van der Waals surface area (Å²) in [5, 5.41) is 14.3. The van der Waals surface area contributed by atoms with E-state index in [1.807, 2.05) is 0 Å². The lowest BCUT2D eigenvalue weighted by molar-refractivity contribution is -0.141. The average Bonchev–Trinajstić information content (AvgIpc) is 2.69. The van der Waals surface area contributed by atoms with E-state index in [-0.39, 0.29) is 18.4 Å². The Kier molecular flexibility index (Phi) is 4.30. The third-order valence-corrected chi connectivity index (χ3v) is 2.39. The first-order chi connectivity index (χ1) is 7.15. The molecule has 1 amide bonds. The van der Waals surface area contributed by atoms with Gasteiger partial charge >= 0.3 is 5.97 Å². The molecule has 84 valence electrons. The van der Waals surface area contributed by atoms with Gasteiger partial charge in [0.15, 0.2) is 0 Å². The minimum Gasteiger partial charge on any atom is -0.480 e. The molecule has 0 aliphatic carbocycles. The summed E-state index contributed by atoms with van der Waals surface area (Å²) in [6.07, 6.45) is 3.46. The molecule has 1 fully saturated rings. The molecule has 1 unspecified atom stereocenters. The van der Waals surface area contributed by atoms with Crippen LogP contribution in [0.4, 0.5) is 0 Å². The zero-order valence-electron chi connectivity index (χ0n) is 8.53. The van der Waals surface area contributed by atoms with Gasteiger partial charge in [-0.25, -0.2) is 4.79 Å². The van der Waals surface area contributed by atoms with Crippen molar-refractivity contribution >= 4 is 11.9 Å². The molecule has 0 radical (unpaired) electrons. The van der Waals surface area contributed by atoms with Crippen LogP contribution >= 0.6 is 0 Å². The van der Waals surface area contributed by atoms with Gasteiger partial charge in [-0.15, -0.1) is 6.58 Å². The van der Waals surface area contributed by atoms with E-state index in [1.54, 1.807) is 0 Å². The Morgan fingerprint density at radius 3 is 2.87 bits per heavy atom. The van der Waals surface area contributed by atoms with E-state index in [1.165, 1.54) is 6.08 Å². The molecule has 1 saturated heterocycles. The molecule has 1 rings (SSSR count). The molecule has 1 aliphatic rings. The summed E-state index contributed by atoms with van der Waals surface area (Å²) in [7, 11) is 0. The van der Waals surface area contributed by atoms with Gasteiger partial charge in [0.2, 0.25) is 5.91 Å². The number of hydrogen-bond donors (Lipinski definition) is 3. The predicted octanol–water partition coefficient (Wildman–Crippen LogP) is -0.116. The Labute approximate surface area is 88.5 Å². The minimum atomic E-state index is -1.03. The lowest BCUT2D eigenvalue weighted by atomic mass is 10.1. The number of carboxylic acid groups (broad SMARTS) is 1. The maximum atomic E-state index is 11.6. The molecule has 0 bridgehead atoms. The molecule has 5 nitrogen and oxygen atoms in total. The van der Waals surface area contributed by atoms with E-state index in [9.17, 15) is 9.59 Å². The normalized spacial score (nSPS) is 22.0. The van der Waals surface area contributed by atoms with Crippen molar-refractivity contribution in [3.8, 4) is 0 Å². The second kappa shape index (κ2) is 5.50. The SMILES string of the molecule is C=CCC(NC(=O)[C@@H]1CCCN1)C(=O)O. The number of amides is 1. The number of aliphatic carboxylic acids is 1. The van der Waals surface area contributed by atoms with Crippen molar-refractivity contribution in [3.05, 3.63) is 12.7 Å². The number of carboxylic acids is 1. The van der Waals surface area contributed by atoms with Crippen LogP contribution < -0.4 is 10.6 Å². The fraction of sp³-hybridized carbons (Fsp3) is 0.600. The van der Waals surface area contributed by atoms with Crippen molar-refractivity contribution in [1.29, 1.82) is 0 Å². The van der Waals surface area contributed by atoms with E-state index in [2.05, 4.69) is 17.2 Å². The molecule has 0 aromatic rings. The second-order valence-electron chi connectivity index (χ2n) is 3.57. The molecule has 0 saturated carbocycles. The highest BCUT2D eigenvalue weighted by Crippen LogP contribution is 2.05. The Morgan fingerprint density at radius 2 is 2.40 bits per heavy atom. The molecule has 3 N–H and O–H groups in total. The van der Waals surface area contributed by atoms with Crippen molar-refractivity contribution in [1.82, 2.24) is 10.6 Å². The van der Waals surface area contributed by atoms with Crippen LogP contribution in [0.2, 0.25) is 0 Å². The van der Waals surface area contributed by atoms with Crippen molar-refractivity contribution in [2.45, 2.75) is 31.3 Å². The molecular formula is C10H16N2O3. The molecule has 5 heteroatoms. The van der Waals surface area contributed by atoms with Crippen molar-refractivity contribution in [2.75, 3.05) is 6.54 Å². The molecule has 1 aliphatic heterocycles. The van der Waals surface area contributed by atoms with Crippen molar-refractivity contribution in [3.63, 3.8) is 0 Å². The van der Waals surface area contributed by atoms with Gasteiger partial charge in [-0.05, 0) is 25.8 Å². The number of carbonyl (C=O) groups is 2. The van der Waals surface area contributed by atoms with Gasteiger partial charge in [0.1, 0.15) is 6.04 Å². The standard InChI is InChI=1S/C10H16N2O3/c1-2-4-8(10(14)15)12-9(13)7-5-3-6-11-7/h2,7-8,11H,1,3-6H2,(H,12,13)(H,14,15)/t7-,8?/m0/s1. The topological polar surface area (TPSA) is 78.4 Å². The second-order valence-corrected chi connectivity index (χ2v) is 3.57. The Morgan fingerprint density at radius 1 is 1.67 bits per heavy atom. The highest BCUT2D eigenvalue weighted by atomic mass is 16.4. The van der Waals surface area contributed by atoms with Crippen molar-refractivity contribution in [2.24, 2.45) is 0 Å². The lowest BCUT2D eigenvalue weighted by Gasteiger charge is -2.16. The maximum Gasteiger partial charge on any atom is 0.326 e.